The summed E-state index contributed by atoms with van der Waals surface area (Å²) in [6.07, 6.45) is 0. The molecule has 0 atom stereocenters. The first-order chi connectivity index (χ1) is 13.2. The molecule has 0 saturated heterocycles. The van der Waals surface area contributed by atoms with E-state index in [1.54, 1.807) is 17.4 Å². The molecule has 0 N–H and O–H groups in total. The summed E-state index contributed by atoms with van der Waals surface area (Å²) < 4.78 is 12.9. The highest BCUT2D eigenvalue weighted by Crippen LogP contribution is 2.26. The molecular formula is C17H14ClN5O2S2. The Balaban J connectivity index is 1.37. The first kappa shape index (κ1) is 18.0. The molecule has 0 spiro atoms. The average Bonchev–Trinajstić information content (AvgIpc) is 3.41. The molecule has 0 saturated carbocycles. The van der Waals surface area contributed by atoms with E-state index in [0.29, 0.717) is 34.1 Å². The molecule has 0 fully saturated rings. The van der Waals surface area contributed by atoms with E-state index in [2.05, 4.69) is 20.3 Å². The fourth-order valence-corrected chi connectivity index (χ4v) is 3.85. The van der Waals surface area contributed by atoms with Crippen LogP contribution in [0.1, 0.15) is 11.6 Å². The Morgan fingerprint density at radius 2 is 2.11 bits per heavy atom. The van der Waals surface area contributed by atoms with Gasteiger partial charge in [0.15, 0.2) is 16.8 Å². The molecule has 138 valence electrons. The Bertz CT molecular complexity index is 1030. The molecule has 27 heavy (non-hydrogen) atoms. The maximum Gasteiger partial charge on any atom is 0.268 e. The maximum atomic E-state index is 6.10. The van der Waals surface area contributed by atoms with Gasteiger partial charge in [0.05, 0.1) is 15.7 Å². The van der Waals surface area contributed by atoms with Gasteiger partial charge in [0.1, 0.15) is 12.4 Å². The Morgan fingerprint density at radius 1 is 1.22 bits per heavy atom. The van der Waals surface area contributed by atoms with Crippen LogP contribution in [0.15, 0.2) is 51.5 Å². The number of para-hydroxylation sites is 1. The molecule has 3 aromatic heterocycles. The molecule has 3 heterocycles. The molecule has 4 rings (SSSR count). The summed E-state index contributed by atoms with van der Waals surface area (Å²) in [6.45, 7) is 0.276. The fourth-order valence-electron chi connectivity index (χ4n) is 2.24. The first-order valence-corrected chi connectivity index (χ1v) is 10.2. The number of halogens is 1. The summed E-state index contributed by atoms with van der Waals surface area (Å²) in [5, 5.41) is 15.7. The van der Waals surface area contributed by atoms with Gasteiger partial charge in [0, 0.05) is 7.05 Å². The lowest BCUT2D eigenvalue weighted by molar-refractivity contribution is 0.290. The summed E-state index contributed by atoms with van der Waals surface area (Å²) in [5.41, 5.74) is 0. The molecular weight excluding hydrogens is 406 g/mol. The molecule has 4 aromatic rings. The minimum atomic E-state index is 0.276. The van der Waals surface area contributed by atoms with Gasteiger partial charge in [-0.1, -0.05) is 46.7 Å². The molecule has 7 nitrogen and oxygen atoms in total. The quantitative estimate of drug-likeness (QED) is 0.409. The number of hydrogen-bond donors (Lipinski definition) is 0. The largest absolute Gasteiger partial charge is 0.484 e. The third-order valence-electron chi connectivity index (χ3n) is 3.65. The lowest BCUT2D eigenvalue weighted by atomic mass is 10.3. The summed E-state index contributed by atoms with van der Waals surface area (Å²) in [5.74, 6) is 2.99. The number of hydrogen-bond acceptors (Lipinski definition) is 8. The molecule has 0 aliphatic heterocycles. The second-order valence-corrected chi connectivity index (χ2v) is 7.76. The molecule has 0 aliphatic rings. The number of ether oxygens (including phenoxy) is 1. The van der Waals surface area contributed by atoms with Crippen molar-refractivity contribution in [2.45, 2.75) is 17.5 Å². The number of nitrogens with zero attached hydrogens (tertiary/aromatic N) is 5. The van der Waals surface area contributed by atoms with Crippen LogP contribution in [0.25, 0.3) is 10.8 Å². The number of aromatic nitrogens is 5. The predicted octanol–water partition coefficient (Wildman–Crippen LogP) is 4.45. The number of thiophene rings is 1. The normalized spacial score (nSPS) is 11.0. The van der Waals surface area contributed by atoms with Gasteiger partial charge >= 0.3 is 0 Å². The van der Waals surface area contributed by atoms with Gasteiger partial charge in [-0.25, -0.2) is 0 Å². The average molecular weight is 420 g/mol. The lowest BCUT2D eigenvalue weighted by Gasteiger charge is -2.07. The topological polar surface area (TPSA) is 78.9 Å². The number of benzene rings is 1. The van der Waals surface area contributed by atoms with Crippen molar-refractivity contribution in [1.82, 2.24) is 24.9 Å². The van der Waals surface area contributed by atoms with Gasteiger partial charge in [-0.3, -0.25) is 0 Å². The van der Waals surface area contributed by atoms with Crippen LogP contribution in [-0.2, 0) is 19.4 Å². The third kappa shape index (κ3) is 4.15. The Kier molecular flexibility index (Phi) is 5.42. The van der Waals surface area contributed by atoms with Gasteiger partial charge in [0.2, 0.25) is 0 Å². The van der Waals surface area contributed by atoms with Gasteiger partial charge in [0.25, 0.3) is 5.89 Å². The van der Waals surface area contributed by atoms with E-state index in [-0.39, 0.29) is 6.61 Å². The smallest absolute Gasteiger partial charge is 0.268 e. The second kappa shape index (κ2) is 8.12. The zero-order valence-electron chi connectivity index (χ0n) is 14.2. The zero-order valence-corrected chi connectivity index (χ0v) is 16.6. The van der Waals surface area contributed by atoms with E-state index in [4.69, 9.17) is 20.9 Å². The van der Waals surface area contributed by atoms with Gasteiger partial charge < -0.3 is 13.8 Å². The van der Waals surface area contributed by atoms with E-state index in [9.17, 15) is 0 Å². The zero-order chi connectivity index (χ0) is 18.6. The first-order valence-electron chi connectivity index (χ1n) is 7.95. The molecule has 0 radical (unpaired) electrons. The van der Waals surface area contributed by atoms with E-state index >= 15 is 0 Å². The van der Waals surface area contributed by atoms with Crippen LogP contribution >= 0.6 is 34.7 Å². The van der Waals surface area contributed by atoms with Crippen molar-refractivity contribution in [3.8, 4) is 16.5 Å². The Hall–Kier alpha value is -2.36. The fraction of sp³-hybridized carbons (Fsp3) is 0.176. The van der Waals surface area contributed by atoms with Crippen molar-refractivity contribution in [2.75, 3.05) is 0 Å². The van der Waals surface area contributed by atoms with Gasteiger partial charge in [-0.2, -0.15) is 4.98 Å². The van der Waals surface area contributed by atoms with Crippen molar-refractivity contribution in [2.24, 2.45) is 7.05 Å². The van der Waals surface area contributed by atoms with Crippen LogP contribution in [0, 0.1) is 0 Å². The highest BCUT2D eigenvalue weighted by Gasteiger charge is 2.14. The highest BCUT2D eigenvalue weighted by molar-refractivity contribution is 7.98. The van der Waals surface area contributed by atoms with E-state index in [1.807, 2.05) is 47.3 Å². The van der Waals surface area contributed by atoms with Gasteiger partial charge in [-0.05, 0) is 23.6 Å². The number of thioether (sulfide) groups is 1. The van der Waals surface area contributed by atoms with Crippen molar-refractivity contribution in [3.05, 3.63) is 58.4 Å². The van der Waals surface area contributed by atoms with Crippen LogP contribution in [0.2, 0.25) is 5.02 Å². The minimum absolute atomic E-state index is 0.276. The van der Waals surface area contributed by atoms with Crippen LogP contribution in [0.3, 0.4) is 0 Å². The van der Waals surface area contributed by atoms with Crippen molar-refractivity contribution >= 4 is 34.7 Å². The van der Waals surface area contributed by atoms with Crippen molar-refractivity contribution in [3.63, 3.8) is 0 Å². The van der Waals surface area contributed by atoms with Crippen LogP contribution in [-0.4, -0.2) is 24.9 Å². The monoisotopic (exact) mass is 419 g/mol. The Morgan fingerprint density at radius 3 is 2.93 bits per heavy atom. The SMILES string of the molecule is Cn1c(COc2ccccc2Cl)nnc1SCc1noc(-c2cccs2)n1. The molecule has 0 aliphatic carbocycles. The molecule has 0 unspecified atom stereocenters. The summed E-state index contributed by atoms with van der Waals surface area (Å²) >= 11 is 9.14. The van der Waals surface area contributed by atoms with E-state index in [0.717, 1.165) is 10.0 Å². The Labute approximate surface area is 168 Å². The van der Waals surface area contributed by atoms with Crippen LogP contribution in [0.5, 0.6) is 5.75 Å². The third-order valence-corrected chi connectivity index (χ3v) is 5.84. The summed E-state index contributed by atoms with van der Waals surface area (Å²) in [7, 11) is 1.89. The van der Waals surface area contributed by atoms with E-state index < -0.39 is 0 Å². The van der Waals surface area contributed by atoms with Crippen molar-refractivity contribution in [1.29, 1.82) is 0 Å². The highest BCUT2D eigenvalue weighted by atomic mass is 35.5. The molecule has 0 amide bonds. The summed E-state index contributed by atoms with van der Waals surface area (Å²) in [4.78, 5) is 5.36. The summed E-state index contributed by atoms with van der Waals surface area (Å²) in [6, 6.07) is 11.2. The van der Waals surface area contributed by atoms with Crippen LogP contribution < -0.4 is 4.74 Å². The number of rotatable bonds is 7. The molecule has 10 heteroatoms. The van der Waals surface area contributed by atoms with E-state index in [1.165, 1.54) is 11.8 Å². The molecule has 0 bridgehead atoms. The lowest BCUT2D eigenvalue weighted by Crippen LogP contribution is -2.04. The minimum Gasteiger partial charge on any atom is -0.484 e. The van der Waals surface area contributed by atoms with Crippen molar-refractivity contribution < 1.29 is 9.26 Å². The maximum absolute atomic E-state index is 6.10. The predicted molar refractivity (Wildman–Crippen MR) is 104 cm³/mol. The van der Waals surface area contributed by atoms with Crippen LogP contribution in [0.4, 0.5) is 0 Å². The van der Waals surface area contributed by atoms with Gasteiger partial charge in [-0.15, -0.1) is 21.5 Å². The second-order valence-electron chi connectivity index (χ2n) is 5.46. The standard InChI is InChI=1S/C17H14ClN5O2S2/c1-23-15(9-24-12-6-3-2-5-11(12)18)20-21-17(23)27-10-14-19-16(25-22-14)13-7-4-8-26-13/h2-8H,9-10H2,1H3. The molecule has 1 aromatic carbocycles.